The lowest BCUT2D eigenvalue weighted by Gasteiger charge is -2.16. The molecule has 154 valence electrons. The van der Waals surface area contributed by atoms with Crippen LogP contribution in [-0.4, -0.2) is 36.5 Å². The molecule has 0 saturated heterocycles. The fourth-order valence-corrected chi connectivity index (χ4v) is 3.63. The molecule has 6 nitrogen and oxygen atoms in total. The first-order valence-corrected chi connectivity index (χ1v) is 10.3. The Morgan fingerprint density at radius 2 is 1.86 bits per heavy atom. The maximum atomic E-state index is 12.5. The number of pyridine rings is 1. The monoisotopic (exact) mass is 395 g/mol. The van der Waals surface area contributed by atoms with E-state index in [1.54, 1.807) is 19.2 Å². The van der Waals surface area contributed by atoms with E-state index < -0.39 is 0 Å². The molecule has 0 aliphatic heterocycles. The summed E-state index contributed by atoms with van der Waals surface area (Å²) in [5, 5.41) is 5.97. The summed E-state index contributed by atoms with van der Waals surface area (Å²) in [6, 6.07) is 11.2. The van der Waals surface area contributed by atoms with Gasteiger partial charge >= 0.3 is 0 Å². The van der Waals surface area contributed by atoms with Crippen molar-refractivity contribution in [2.45, 2.75) is 51.0 Å². The molecule has 3 rings (SSSR count). The zero-order chi connectivity index (χ0) is 20.5. The molecule has 0 spiro atoms. The summed E-state index contributed by atoms with van der Waals surface area (Å²) >= 11 is 0. The number of nitrogens with zero attached hydrogens (tertiary/aromatic N) is 1. The first-order valence-electron chi connectivity index (χ1n) is 10.3. The normalized spacial score (nSPS) is 14.7. The molecular formula is C23H29N3O3. The van der Waals surface area contributed by atoms with Crippen molar-refractivity contribution in [3.05, 3.63) is 59.4 Å². The lowest BCUT2D eigenvalue weighted by atomic mass is 10.1. The van der Waals surface area contributed by atoms with Crippen molar-refractivity contribution in [2.75, 3.05) is 13.7 Å². The Morgan fingerprint density at radius 1 is 1.07 bits per heavy atom. The molecule has 1 aliphatic carbocycles. The van der Waals surface area contributed by atoms with E-state index in [1.807, 2.05) is 24.3 Å². The van der Waals surface area contributed by atoms with Gasteiger partial charge in [-0.2, -0.15) is 0 Å². The highest BCUT2D eigenvalue weighted by atomic mass is 16.5. The Morgan fingerprint density at radius 3 is 2.62 bits per heavy atom. The number of nitrogens with one attached hydrogen (secondary N) is 2. The highest BCUT2D eigenvalue weighted by Gasteiger charge is 2.17. The molecular weight excluding hydrogens is 366 g/mol. The number of rotatable bonds is 7. The van der Waals surface area contributed by atoms with Crippen molar-refractivity contribution in [1.29, 1.82) is 0 Å². The molecule has 1 aliphatic rings. The third-order valence-corrected chi connectivity index (χ3v) is 5.28. The van der Waals surface area contributed by atoms with Crippen molar-refractivity contribution < 1.29 is 14.3 Å². The number of carbonyl (C=O) groups is 2. The first-order chi connectivity index (χ1) is 14.2. The van der Waals surface area contributed by atoms with Gasteiger partial charge in [-0.3, -0.25) is 14.6 Å². The van der Waals surface area contributed by atoms with Gasteiger partial charge in [0.15, 0.2) is 0 Å². The molecule has 2 N–H and O–H groups in total. The summed E-state index contributed by atoms with van der Waals surface area (Å²) in [7, 11) is 1.63. The Bertz CT molecular complexity index is 830. The summed E-state index contributed by atoms with van der Waals surface area (Å²) in [5.74, 6) is 0.383. The number of ether oxygens (including phenoxy) is 1. The van der Waals surface area contributed by atoms with Crippen LogP contribution >= 0.6 is 0 Å². The average molecular weight is 396 g/mol. The van der Waals surface area contributed by atoms with Crippen LogP contribution in [0.15, 0.2) is 42.6 Å². The topological polar surface area (TPSA) is 80.3 Å². The van der Waals surface area contributed by atoms with Crippen LogP contribution in [0, 0.1) is 0 Å². The quantitative estimate of drug-likeness (QED) is 0.703. The molecule has 1 aromatic heterocycles. The fourth-order valence-electron chi connectivity index (χ4n) is 3.63. The minimum atomic E-state index is -0.209. The van der Waals surface area contributed by atoms with Crippen molar-refractivity contribution >= 4 is 11.8 Å². The van der Waals surface area contributed by atoms with Gasteiger partial charge in [-0.05, 0) is 49.1 Å². The van der Waals surface area contributed by atoms with E-state index in [0.29, 0.717) is 18.5 Å². The van der Waals surface area contributed by atoms with Gasteiger partial charge in [-0.15, -0.1) is 0 Å². The van der Waals surface area contributed by atoms with Crippen molar-refractivity contribution in [1.82, 2.24) is 15.6 Å². The number of hydrogen-bond acceptors (Lipinski definition) is 4. The third-order valence-electron chi connectivity index (χ3n) is 5.28. The van der Waals surface area contributed by atoms with Gasteiger partial charge in [0.1, 0.15) is 11.4 Å². The van der Waals surface area contributed by atoms with Gasteiger partial charge in [0.05, 0.1) is 7.11 Å². The number of hydrogen-bond donors (Lipinski definition) is 2. The van der Waals surface area contributed by atoms with Crippen molar-refractivity contribution in [3.63, 3.8) is 0 Å². The molecule has 1 saturated carbocycles. The number of methoxy groups -OCH3 is 1. The van der Waals surface area contributed by atoms with Gasteiger partial charge in [-0.1, -0.05) is 37.8 Å². The lowest BCUT2D eigenvalue weighted by Crippen LogP contribution is -2.35. The smallest absolute Gasteiger partial charge is 0.270 e. The van der Waals surface area contributed by atoms with Gasteiger partial charge < -0.3 is 15.4 Å². The minimum absolute atomic E-state index is 0.201. The van der Waals surface area contributed by atoms with Crippen LogP contribution in [0.5, 0.6) is 5.75 Å². The summed E-state index contributed by atoms with van der Waals surface area (Å²) in [6.45, 7) is 0.498. The predicted molar refractivity (Wildman–Crippen MR) is 112 cm³/mol. The summed E-state index contributed by atoms with van der Waals surface area (Å²) in [4.78, 5) is 29.2. The highest BCUT2D eigenvalue weighted by molar-refractivity contribution is 5.98. The maximum absolute atomic E-state index is 12.5. The largest absolute Gasteiger partial charge is 0.497 e. The van der Waals surface area contributed by atoms with E-state index in [1.165, 1.54) is 19.0 Å². The number of aromatic nitrogens is 1. The molecule has 0 bridgehead atoms. The van der Waals surface area contributed by atoms with E-state index in [0.717, 1.165) is 37.0 Å². The molecule has 1 heterocycles. The second kappa shape index (κ2) is 10.6. The molecule has 2 amide bonds. The SMILES string of the molecule is COc1cccc(CCNC(=O)c2ccnc(C(=O)NC3CCCCCC3)c2)c1. The first kappa shape index (κ1) is 20.8. The van der Waals surface area contributed by atoms with Crippen LogP contribution in [-0.2, 0) is 6.42 Å². The molecule has 6 heteroatoms. The second-order valence-corrected chi connectivity index (χ2v) is 7.45. The molecule has 29 heavy (non-hydrogen) atoms. The minimum Gasteiger partial charge on any atom is -0.497 e. The standard InChI is InChI=1S/C23H29N3O3/c1-29-20-10-6-7-17(15-20)11-13-25-22(27)18-12-14-24-21(16-18)23(28)26-19-8-4-2-3-5-9-19/h6-7,10,12,14-16,19H,2-5,8-9,11,13H2,1H3,(H,25,27)(H,26,28). The summed E-state index contributed by atoms with van der Waals surface area (Å²) in [5.41, 5.74) is 1.81. The Hall–Kier alpha value is -2.89. The van der Waals surface area contributed by atoms with Crippen LogP contribution in [0.2, 0.25) is 0 Å². The number of amides is 2. The second-order valence-electron chi connectivity index (χ2n) is 7.45. The van der Waals surface area contributed by atoms with Crippen LogP contribution in [0.25, 0.3) is 0 Å². The van der Waals surface area contributed by atoms with Crippen LogP contribution in [0.3, 0.4) is 0 Å². The highest BCUT2D eigenvalue weighted by Crippen LogP contribution is 2.17. The molecule has 1 aromatic carbocycles. The zero-order valence-corrected chi connectivity index (χ0v) is 16.9. The van der Waals surface area contributed by atoms with E-state index in [9.17, 15) is 9.59 Å². The van der Waals surface area contributed by atoms with E-state index in [4.69, 9.17) is 4.74 Å². The predicted octanol–water partition coefficient (Wildman–Crippen LogP) is 3.52. The van der Waals surface area contributed by atoms with E-state index in [2.05, 4.69) is 15.6 Å². The van der Waals surface area contributed by atoms with Crippen LogP contribution < -0.4 is 15.4 Å². The molecule has 0 atom stereocenters. The van der Waals surface area contributed by atoms with Crippen molar-refractivity contribution in [2.24, 2.45) is 0 Å². The van der Waals surface area contributed by atoms with Crippen molar-refractivity contribution in [3.8, 4) is 5.75 Å². The fraction of sp³-hybridized carbons (Fsp3) is 0.435. The Labute approximate surface area is 172 Å². The molecule has 1 fully saturated rings. The van der Waals surface area contributed by atoms with Gasteiger partial charge in [0.25, 0.3) is 11.8 Å². The lowest BCUT2D eigenvalue weighted by molar-refractivity contribution is 0.0928. The average Bonchev–Trinajstić information content (AvgIpc) is 3.02. The summed E-state index contributed by atoms with van der Waals surface area (Å²) in [6.07, 6.45) is 8.99. The number of benzene rings is 1. The molecule has 0 radical (unpaired) electrons. The maximum Gasteiger partial charge on any atom is 0.270 e. The molecule has 0 unspecified atom stereocenters. The van der Waals surface area contributed by atoms with Crippen LogP contribution in [0.4, 0.5) is 0 Å². The molecule has 2 aromatic rings. The van der Waals surface area contributed by atoms with Crippen LogP contribution in [0.1, 0.15) is 64.9 Å². The Kier molecular flexibility index (Phi) is 7.61. The van der Waals surface area contributed by atoms with E-state index in [-0.39, 0.29) is 23.6 Å². The Balaban J connectivity index is 1.53. The van der Waals surface area contributed by atoms with Gasteiger partial charge in [-0.25, -0.2) is 0 Å². The summed E-state index contributed by atoms with van der Waals surface area (Å²) < 4.78 is 5.22. The van der Waals surface area contributed by atoms with E-state index >= 15 is 0 Å². The zero-order valence-electron chi connectivity index (χ0n) is 16.9. The number of carbonyl (C=O) groups excluding carboxylic acids is 2. The third kappa shape index (κ3) is 6.31. The van der Waals surface area contributed by atoms with Gasteiger partial charge in [0.2, 0.25) is 0 Å². The van der Waals surface area contributed by atoms with Gasteiger partial charge in [0, 0.05) is 24.3 Å².